The van der Waals surface area contributed by atoms with E-state index in [4.69, 9.17) is 4.74 Å². The van der Waals surface area contributed by atoms with Crippen LogP contribution in [0.15, 0.2) is 78.9 Å². The summed E-state index contributed by atoms with van der Waals surface area (Å²) < 4.78 is 5.75. The first kappa shape index (κ1) is 18.5. The molecule has 0 atom stereocenters. The van der Waals surface area contributed by atoms with E-state index >= 15 is 0 Å². The molecular weight excluding hydrogens is 336 g/mol. The van der Waals surface area contributed by atoms with Gasteiger partial charge in [0.05, 0.1) is 6.54 Å². The van der Waals surface area contributed by atoms with Gasteiger partial charge in [-0.2, -0.15) is 0 Å². The van der Waals surface area contributed by atoms with Gasteiger partial charge in [-0.15, -0.1) is 0 Å². The van der Waals surface area contributed by atoms with Crippen molar-refractivity contribution < 1.29 is 9.53 Å². The quantitative estimate of drug-likeness (QED) is 0.572. The fraction of sp³-hybridized carbons (Fsp3) is 0.174. The van der Waals surface area contributed by atoms with Crippen LogP contribution in [0.2, 0.25) is 0 Å². The van der Waals surface area contributed by atoms with E-state index in [0.717, 1.165) is 22.9 Å². The number of nitrogens with one attached hydrogen (secondary N) is 2. The second kappa shape index (κ2) is 8.90. The van der Waals surface area contributed by atoms with Crippen LogP contribution < -0.4 is 15.4 Å². The number of para-hydroxylation sites is 2. The van der Waals surface area contributed by atoms with Crippen molar-refractivity contribution in [3.8, 4) is 11.5 Å². The lowest BCUT2D eigenvalue weighted by atomic mass is 10.0. The average molecular weight is 360 g/mol. The molecule has 0 fully saturated rings. The summed E-state index contributed by atoms with van der Waals surface area (Å²) in [7, 11) is 0. The first-order valence-electron chi connectivity index (χ1n) is 9.07. The fourth-order valence-corrected chi connectivity index (χ4v) is 2.77. The van der Waals surface area contributed by atoms with Crippen LogP contribution in [0.1, 0.15) is 25.3 Å². The van der Waals surface area contributed by atoms with E-state index in [9.17, 15) is 4.79 Å². The van der Waals surface area contributed by atoms with Gasteiger partial charge in [-0.1, -0.05) is 50.2 Å². The maximum absolute atomic E-state index is 12.2. The van der Waals surface area contributed by atoms with Crippen LogP contribution >= 0.6 is 0 Å². The summed E-state index contributed by atoms with van der Waals surface area (Å²) in [5.41, 5.74) is 2.93. The van der Waals surface area contributed by atoms with Gasteiger partial charge in [-0.05, 0) is 53.9 Å². The van der Waals surface area contributed by atoms with Gasteiger partial charge in [0.25, 0.3) is 0 Å². The first-order valence-corrected chi connectivity index (χ1v) is 9.07. The third-order valence-electron chi connectivity index (χ3n) is 4.14. The number of amides is 1. The summed E-state index contributed by atoms with van der Waals surface area (Å²) in [5, 5.41) is 6.12. The highest BCUT2D eigenvalue weighted by Crippen LogP contribution is 2.24. The minimum Gasteiger partial charge on any atom is -0.457 e. The summed E-state index contributed by atoms with van der Waals surface area (Å²) in [6.45, 7) is 4.49. The van der Waals surface area contributed by atoms with Gasteiger partial charge in [0.15, 0.2) is 0 Å². The van der Waals surface area contributed by atoms with Crippen molar-refractivity contribution in [1.82, 2.24) is 0 Å². The number of rotatable bonds is 7. The zero-order valence-electron chi connectivity index (χ0n) is 15.6. The number of carbonyl (C=O) groups excluding carboxylic acids is 1. The van der Waals surface area contributed by atoms with Crippen molar-refractivity contribution in [3.05, 3.63) is 84.4 Å². The van der Waals surface area contributed by atoms with Gasteiger partial charge in [-0.3, -0.25) is 4.79 Å². The molecule has 0 bridgehead atoms. The second-order valence-corrected chi connectivity index (χ2v) is 6.58. The van der Waals surface area contributed by atoms with Crippen LogP contribution in [0.3, 0.4) is 0 Å². The predicted octanol–water partition coefficient (Wildman–Crippen LogP) is 5.65. The Balaban J connectivity index is 1.54. The number of benzene rings is 3. The zero-order chi connectivity index (χ0) is 19.1. The summed E-state index contributed by atoms with van der Waals surface area (Å²) in [6, 6.07) is 25.0. The third-order valence-corrected chi connectivity index (χ3v) is 4.14. The first-order chi connectivity index (χ1) is 13.1. The highest BCUT2D eigenvalue weighted by atomic mass is 16.5. The van der Waals surface area contributed by atoms with E-state index in [2.05, 4.69) is 30.5 Å². The Morgan fingerprint density at radius 1 is 0.852 bits per heavy atom. The molecule has 0 heterocycles. The molecule has 3 rings (SSSR count). The van der Waals surface area contributed by atoms with Crippen LogP contribution in [-0.2, 0) is 4.79 Å². The number of anilines is 2. The minimum atomic E-state index is -0.0923. The van der Waals surface area contributed by atoms with E-state index in [1.165, 1.54) is 5.56 Å². The Labute approximate surface area is 160 Å². The second-order valence-electron chi connectivity index (χ2n) is 6.58. The lowest BCUT2D eigenvalue weighted by molar-refractivity contribution is -0.114. The molecule has 4 nitrogen and oxygen atoms in total. The van der Waals surface area contributed by atoms with Crippen molar-refractivity contribution in [3.63, 3.8) is 0 Å². The monoisotopic (exact) mass is 360 g/mol. The molecule has 1 amide bonds. The van der Waals surface area contributed by atoms with Gasteiger partial charge in [-0.25, -0.2) is 0 Å². The summed E-state index contributed by atoms with van der Waals surface area (Å²) in [6.07, 6.45) is 0. The van der Waals surface area contributed by atoms with Crippen molar-refractivity contribution in [2.45, 2.75) is 19.8 Å². The van der Waals surface area contributed by atoms with E-state index in [1.54, 1.807) is 0 Å². The molecule has 0 radical (unpaired) electrons. The fourth-order valence-electron chi connectivity index (χ4n) is 2.77. The van der Waals surface area contributed by atoms with Crippen molar-refractivity contribution in [2.24, 2.45) is 0 Å². The molecule has 0 aliphatic heterocycles. The van der Waals surface area contributed by atoms with Crippen molar-refractivity contribution in [1.29, 1.82) is 0 Å². The molecule has 0 saturated carbocycles. The van der Waals surface area contributed by atoms with Gasteiger partial charge < -0.3 is 15.4 Å². The van der Waals surface area contributed by atoms with E-state index < -0.39 is 0 Å². The summed E-state index contributed by atoms with van der Waals surface area (Å²) >= 11 is 0. The molecule has 0 unspecified atom stereocenters. The highest BCUT2D eigenvalue weighted by Gasteiger charge is 2.08. The number of ether oxygens (including phenoxy) is 1. The maximum Gasteiger partial charge on any atom is 0.243 e. The predicted molar refractivity (Wildman–Crippen MR) is 111 cm³/mol. The van der Waals surface area contributed by atoms with Crippen molar-refractivity contribution >= 4 is 17.3 Å². The molecule has 0 aliphatic carbocycles. The summed E-state index contributed by atoms with van der Waals surface area (Å²) in [5.74, 6) is 1.81. The van der Waals surface area contributed by atoms with Crippen LogP contribution in [0, 0.1) is 0 Å². The molecule has 3 aromatic rings. The van der Waals surface area contributed by atoms with Crippen LogP contribution in [0.5, 0.6) is 11.5 Å². The van der Waals surface area contributed by atoms with Crippen LogP contribution in [-0.4, -0.2) is 12.5 Å². The SMILES string of the molecule is CC(C)c1ccccc1NCC(=O)Nc1ccc(Oc2ccccc2)cc1. The smallest absolute Gasteiger partial charge is 0.243 e. The molecule has 0 aliphatic rings. The lowest BCUT2D eigenvalue weighted by Crippen LogP contribution is -2.22. The molecule has 138 valence electrons. The Morgan fingerprint density at radius 2 is 1.48 bits per heavy atom. The van der Waals surface area contributed by atoms with Gasteiger partial charge in [0.1, 0.15) is 11.5 Å². The van der Waals surface area contributed by atoms with Crippen LogP contribution in [0.4, 0.5) is 11.4 Å². The largest absolute Gasteiger partial charge is 0.457 e. The highest BCUT2D eigenvalue weighted by molar-refractivity contribution is 5.93. The molecule has 0 aromatic heterocycles. The van der Waals surface area contributed by atoms with Gasteiger partial charge in [0, 0.05) is 11.4 Å². The molecule has 3 aromatic carbocycles. The maximum atomic E-state index is 12.2. The average Bonchev–Trinajstić information content (AvgIpc) is 2.69. The zero-order valence-corrected chi connectivity index (χ0v) is 15.6. The Bertz CT molecular complexity index is 874. The molecule has 4 heteroatoms. The molecular formula is C23H24N2O2. The van der Waals surface area contributed by atoms with E-state index in [0.29, 0.717) is 5.92 Å². The normalized spacial score (nSPS) is 10.5. The minimum absolute atomic E-state index is 0.0923. The van der Waals surface area contributed by atoms with Gasteiger partial charge >= 0.3 is 0 Å². The number of carbonyl (C=O) groups is 1. The lowest BCUT2D eigenvalue weighted by Gasteiger charge is -2.14. The van der Waals surface area contributed by atoms with E-state index in [1.807, 2.05) is 72.8 Å². The number of hydrogen-bond acceptors (Lipinski definition) is 3. The van der Waals surface area contributed by atoms with E-state index in [-0.39, 0.29) is 12.5 Å². The van der Waals surface area contributed by atoms with Crippen molar-refractivity contribution in [2.75, 3.05) is 17.2 Å². The third kappa shape index (κ3) is 5.35. The molecule has 2 N–H and O–H groups in total. The van der Waals surface area contributed by atoms with Crippen LogP contribution in [0.25, 0.3) is 0 Å². The Kier molecular flexibility index (Phi) is 6.10. The Hall–Kier alpha value is -3.27. The topological polar surface area (TPSA) is 50.4 Å². The standard InChI is InChI=1S/C23H24N2O2/c1-17(2)21-10-6-7-11-22(21)24-16-23(26)25-18-12-14-20(15-13-18)27-19-8-4-3-5-9-19/h3-15,17,24H,16H2,1-2H3,(H,25,26). The number of hydrogen-bond donors (Lipinski definition) is 2. The molecule has 0 spiro atoms. The molecule has 27 heavy (non-hydrogen) atoms. The Morgan fingerprint density at radius 3 is 2.19 bits per heavy atom. The van der Waals surface area contributed by atoms with Gasteiger partial charge in [0.2, 0.25) is 5.91 Å². The molecule has 0 saturated heterocycles. The summed E-state index contributed by atoms with van der Waals surface area (Å²) in [4.78, 5) is 12.2.